The number of allylic oxidation sites excluding steroid dienone is 4. The molecule has 0 radical (unpaired) electrons. The van der Waals surface area contributed by atoms with Crippen molar-refractivity contribution in [3.05, 3.63) is 36.0 Å². The van der Waals surface area contributed by atoms with Crippen molar-refractivity contribution in [2.24, 2.45) is 10.9 Å². The first kappa shape index (κ1) is 6.68. The standard InChI is InChI=1S/C9H7NS/c11-9-8-4-2-1-3-7(8)5-6-10-9/h1-6,8H. The summed E-state index contributed by atoms with van der Waals surface area (Å²) in [7, 11) is 0. The smallest absolute Gasteiger partial charge is 0.114 e. The van der Waals surface area contributed by atoms with E-state index in [0.717, 1.165) is 4.99 Å². The van der Waals surface area contributed by atoms with Gasteiger partial charge in [0.25, 0.3) is 0 Å². The molecule has 0 N–H and O–H groups in total. The summed E-state index contributed by atoms with van der Waals surface area (Å²) in [5.41, 5.74) is 1.24. The third-order valence-corrected chi connectivity index (χ3v) is 2.16. The average molecular weight is 161 g/mol. The summed E-state index contributed by atoms with van der Waals surface area (Å²) in [6.45, 7) is 0. The molecule has 1 aliphatic heterocycles. The van der Waals surface area contributed by atoms with Crippen molar-refractivity contribution in [2.75, 3.05) is 0 Å². The summed E-state index contributed by atoms with van der Waals surface area (Å²) in [5.74, 6) is 0.250. The first-order valence-electron chi connectivity index (χ1n) is 3.51. The van der Waals surface area contributed by atoms with Gasteiger partial charge in [0.05, 0.1) is 5.92 Å². The van der Waals surface area contributed by atoms with Crippen LogP contribution >= 0.6 is 12.2 Å². The number of thiocarbonyl (C=S) groups is 1. The Kier molecular flexibility index (Phi) is 1.55. The SMILES string of the molecule is S=C1N=CC=C2C=CC=CC12. The minimum Gasteiger partial charge on any atom is -0.249 e. The van der Waals surface area contributed by atoms with Gasteiger partial charge in [0.2, 0.25) is 0 Å². The third kappa shape index (κ3) is 1.10. The van der Waals surface area contributed by atoms with E-state index in [1.165, 1.54) is 5.57 Å². The van der Waals surface area contributed by atoms with E-state index >= 15 is 0 Å². The van der Waals surface area contributed by atoms with Crippen LogP contribution in [0.5, 0.6) is 0 Å². The van der Waals surface area contributed by atoms with Gasteiger partial charge in [0, 0.05) is 6.21 Å². The molecule has 0 aromatic heterocycles. The Morgan fingerprint density at radius 3 is 3.09 bits per heavy atom. The van der Waals surface area contributed by atoms with Gasteiger partial charge in [-0.25, -0.2) is 4.99 Å². The summed E-state index contributed by atoms with van der Waals surface area (Å²) in [6, 6.07) is 0. The van der Waals surface area contributed by atoms with Crippen molar-refractivity contribution >= 4 is 23.4 Å². The zero-order valence-corrected chi connectivity index (χ0v) is 6.71. The Labute approximate surface area is 70.8 Å². The van der Waals surface area contributed by atoms with E-state index in [4.69, 9.17) is 12.2 Å². The Hall–Kier alpha value is -1.02. The monoisotopic (exact) mass is 161 g/mol. The Morgan fingerprint density at radius 1 is 1.36 bits per heavy atom. The van der Waals surface area contributed by atoms with Gasteiger partial charge in [-0.2, -0.15) is 0 Å². The zero-order valence-electron chi connectivity index (χ0n) is 5.90. The highest BCUT2D eigenvalue weighted by Gasteiger charge is 2.17. The second-order valence-electron chi connectivity index (χ2n) is 2.50. The van der Waals surface area contributed by atoms with Gasteiger partial charge in [-0.05, 0) is 11.6 Å². The highest BCUT2D eigenvalue weighted by molar-refractivity contribution is 7.80. The van der Waals surface area contributed by atoms with E-state index in [-0.39, 0.29) is 5.92 Å². The van der Waals surface area contributed by atoms with E-state index < -0.39 is 0 Å². The molecule has 0 bridgehead atoms. The molecule has 0 amide bonds. The molecular weight excluding hydrogens is 154 g/mol. The second-order valence-corrected chi connectivity index (χ2v) is 2.92. The molecular formula is C9H7NS. The van der Waals surface area contributed by atoms with Crippen molar-refractivity contribution in [1.29, 1.82) is 0 Å². The minimum atomic E-state index is 0.250. The topological polar surface area (TPSA) is 12.4 Å². The predicted octanol–water partition coefficient (Wildman–Crippen LogP) is 2.07. The third-order valence-electron chi connectivity index (χ3n) is 1.80. The lowest BCUT2D eigenvalue weighted by Gasteiger charge is -2.17. The van der Waals surface area contributed by atoms with Crippen LogP contribution in [0.4, 0.5) is 0 Å². The fraction of sp³-hybridized carbons (Fsp3) is 0.111. The van der Waals surface area contributed by atoms with Crippen LogP contribution in [-0.4, -0.2) is 11.2 Å². The van der Waals surface area contributed by atoms with Crippen LogP contribution in [0.3, 0.4) is 0 Å². The molecule has 1 unspecified atom stereocenters. The minimum absolute atomic E-state index is 0.250. The molecule has 0 spiro atoms. The molecule has 1 aliphatic carbocycles. The van der Waals surface area contributed by atoms with Crippen molar-refractivity contribution < 1.29 is 0 Å². The number of fused-ring (bicyclic) bond motifs is 1. The molecule has 0 fully saturated rings. The molecule has 0 aromatic carbocycles. The van der Waals surface area contributed by atoms with Crippen molar-refractivity contribution in [3.63, 3.8) is 0 Å². The normalized spacial score (nSPS) is 26.7. The molecule has 0 aromatic rings. The first-order chi connectivity index (χ1) is 5.38. The predicted molar refractivity (Wildman–Crippen MR) is 50.9 cm³/mol. The van der Waals surface area contributed by atoms with Gasteiger partial charge >= 0.3 is 0 Å². The summed E-state index contributed by atoms with van der Waals surface area (Å²) in [6.07, 6.45) is 11.9. The van der Waals surface area contributed by atoms with Gasteiger partial charge in [0.1, 0.15) is 4.99 Å². The maximum Gasteiger partial charge on any atom is 0.114 e. The van der Waals surface area contributed by atoms with Crippen LogP contribution in [0.1, 0.15) is 0 Å². The van der Waals surface area contributed by atoms with Gasteiger partial charge in [-0.3, -0.25) is 0 Å². The highest BCUT2D eigenvalue weighted by atomic mass is 32.1. The van der Waals surface area contributed by atoms with Crippen LogP contribution in [0, 0.1) is 5.92 Å². The number of hydrogen-bond acceptors (Lipinski definition) is 1. The Balaban J connectivity index is 2.43. The van der Waals surface area contributed by atoms with Crippen LogP contribution in [-0.2, 0) is 0 Å². The van der Waals surface area contributed by atoms with Crippen molar-refractivity contribution in [1.82, 2.24) is 0 Å². The largest absolute Gasteiger partial charge is 0.249 e. The van der Waals surface area contributed by atoms with E-state index in [9.17, 15) is 0 Å². The second kappa shape index (κ2) is 2.55. The maximum atomic E-state index is 5.08. The number of hydrogen-bond donors (Lipinski definition) is 0. The highest BCUT2D eigenvalue weighted by Crippen LogP contribution is 2.22. The van der Waals surface area contributed by atoms with Gasteiger partial charge in [-0.1, -0.05) is 36.5 Å². The van der Waals surface area contributed by atoms with Crippen LogP contribution < -0.4 is 0 Å². The van der Waals surface area contributed by atoms with Gasteiger partial charge < -0.3 is 0 Å². The van der Waals surface area contributed by atoms with Gasteiger partial charge in [0.15, 0.2) is 0 Å². The molecule has 1 nitrogen and oxygen atoms in total. The number of rotatable bonds is 0. The molecule has 2 heteroatoms. The Bertz CT molecular complexity index is 308. The molecule has 2 aliphatic rings. The zero-order chi connectivity index (χ0) is 7.68. The fourth-order valence-corrected chi connectivity index (χ4v) is 1.49. The quantitative estimate of drug-likeness (QED) is 0.495. The molecule has 54 valence electrons. The maximum absolute atomic E-state index is 5.08. The average Bonchev–Trinajstić information content (AvgIpc) is 2.06. The first-order valence-corrected chi connectivity index (χ1v) is 3.92. The van der Waals surface area contributed by atoms with Crippen molar-refractivity contribution in [3.8, 4) is 0 Å². The summed E-state index contributed by atoms with van der Waals surface area (Å²) in [4.78, 5) is 4.83. The summed E-state index contributed by atoms with van der Waals surface area (Å²) >= 11 is 5.08. The van der Waals surface area contributed by atoms with Gasteiger partial charge in [-0.15, -0.1) is 0 Å². The Morgan fingerprint density at radius 2 is 2.27 bits per heavy atom. The van der Waals surface area contributed by atoms with Crippen molar-refractivity contribution in [2.45, 2.75) is 0 Å². The fourth-order valence-electron chi connectivity index (χ4n) is 1.22. The van der Waals surface area contributed by atoms with Crippen LogP contribution in [0.25, 0.3) is 0 Å². The number of dihydropyridines is 1. The summed E-state index contributed by atoms with van der Waals surface area (Å²) in [5, 5.41) is 0. The molecule has 0 saturated carbocycles. The lowest BCUT2D eigenvalue weighted by molar-refractivity contribution is 1.05. The van der Waals surface area contributed by atoms with E-state index in [1.54, 1.807) is 6.21 Å². The molecule has 0 saturated heterocycles. The summed E-state index contributed by atoms with van der Waals surface area (Å²) < 4.78 is 0. The van der Waals surface area contributed by atoms with E-state index in [2.05, 4.69) is 17.1 Å². The molecule has 1 atom stereocenters. The lowest BCUT2D eigenvalue weighted by atomic mass is 9.93. The molecule has 2 rings (SSSR count). The van der Waals surface area contributed by atoms with Crippen LogP contribution in [0.2, 0.25) is 0 Å². The van der Waals surface area contributed by atoms with E-state index in [0.29, 0.717) is 0 Å². The number of nitrogens with zero attached hydrogens (tertiary/aromatic N) is 1. The molecule has 1 heterocycles. The molecule has 11 heavy (non-hydrogen) atoms. The van der Waals surface area contributed by atoms with E-state index in [1.807, 2.05) is 18.2 Å². The van der Waals surface area contributed by atoms with Crippen LogP contribution in [0.15, 0.2) is 40.9 Å². The number of aliphatic imine (C=N–C) groups is 1. The lowest BCUT2D eigenvalue weighted by Crippen LogP contribution is -2.14.